The van der Waals surface area contributed by atoms with Gasteiger partial charge in [0, 0.05) is 44.4 Å². The summed E-state index contributed by atoms with van der Waals surface area (Å²) in [5.41, 5.74) is 20.2. The summed E-state index contributed by atoms with van der Waals surface area (Å²) in [7, 11) is 0. The van der Waals surface area contributed by atoms with E-state index in [1.165, 1.54) is 77.4 Å². The van der Waals surface area contributed by atoms with Gasteiger partial charge in [-0.2, -0.15) is 0 Å². The fourth-order valence-electron chi connectivity index (χ4n) is 9.90. The number of hydrogen-bond donors (Lipinski definition) is 0. The van der Waals surface area contributed by atoms with Crippen molar-refractivity contribution in [2.24, 2.45) is 0 Å². The van der Waals surface area contributed by atoms with Gasteiger partial charge in [-0.25, -0.2) is 0 Å². The fourth-order valence-corrected chi connectivity index (χ4v) is 9.90. The normalized spacial score (nSPS) is 14.4. The highest BCUT2D eigenvalue weighted by Crippen LogP contribution is 2.52. The van der Waals surface area contributed by atoms with Crippen LogP contribution in [0.3, 0.4) is 0 Å². The minimum absolute atomic E-state index is 0.0523. The van der Waals surface area contributed by atoms with Crippen molar-refractivity contribution in [2.45, 2.75) is 38.5 Å². The van der Waals surface area contributed by atoms with Crippen molar-refractivity contribution in [3.63, 3.8) is 0 Å². The molecule has 2 heteroatoms. The molecule has 0 radical (unpaired) electrons. The van der Waals surface area contributed by atoms with Crippen LogP contribution in [0.5, 0.6) is 0 Å². The second-order valence-corrected chi connectivity index (χ2v) is 16.6. The Morgan fingerprint density at radius 3 is 1.57 bits per heavy atom. The summed E-state index contributed by atoms with van der Waals surface area (Å²) in [6.07, 6.45) is 0. The molecule has 1 heterocycles. The first-order chi connectivity index (χ1) is 27.3. The lowest BCUT2D eigenvalue weighted by molar-refractivity contribution is 0.660. The first-order valence-electron chi connectivity index (χ1n) is 19.8. The van der Waals surface area contributed by atoms with Gasteiger partial charge in [0.05, 0.1) is 11.0 Å². The van der Waals surface area contributed by atoms with Gasteiger partial charge in [-0.3, -0.25) is 0 Å². The molecule has 0 saturated heterocycles. The second-order valence-electron chi connectivity index (χ2n) is 16.6. The van der Waals surface area contributed by atoms with Gasteiger partial charge < -0.3 is 9.47 Å². The van der Waals surface area contributed by atoms with E-state index in [1.54, 1.807) is 0 Å². The summed E-state index contributed by atoms with van der Waals surface area (Å²) in [5.74, 6) is 0. The minimum atomic E-state index is -0.0962. The molecule has 0 spiro atoms. The van der Waals surface area contributed by atoms with Gasteiger partial charge in [-0.1, -0.05) is 143 Å². The van der Waals surface area contributed by atoms with E-state index in [1.807, 2.05) is 0 Å². The first-order valence-corrected chi connectivity index (χ1v) is 19.8. The summed E-state index contributed by atoms with van der Waals surface area (Å²) in [4.78, 5) is 2.41. The van der Waals surface area contributed by atoms with Gasteiger partial charge in [0.1, 0.15) is 0 Å². The molecule has 0 aliphatic heterocycles. The van der Waals surface area contributed by atoms with Crippen LogP contribution in [0.1, 0.15) is 49.9 Å². The average Bonchev–Trinajstić information content (AvgIpc) is 3.77. The maximum atomic E-state index is 2.46. The number of anilines is 3. The molecule has 0 amide bonds. The summed E-state index contributed by atoms with van der Waals surface area (Å²) in [6.45, 7) is 9.44. The van der Waals surface area contributed by atoms with Crippen molar-refractivity contribution in [2.75, 3.05) is 4.90 Å². The molecule has 2 aliphatic carbocycles. The van der Waals surface area contributed by atoms with E-state index in [9.17, 15) is 0 Å². The highest BCUT2D eigenvalue weighted by atomic mass is 15.1. The van der Waals surface area contributed by atoms with Crippen LogP contribution in [0.4, 0.5) is 17.1 Å². The maximum Gasteiger partial charge on any atom is 0.0547 e. The zero-order valence-electron chi connectivity index (χ0n) is 32.2. The summed E-state index contributed by atoms with van der Waals surface area (Å²) in [5, 5.41) is 2.58. The Hall–Kier alpha value is -6.64. The van der Waals surface area contributed by atoms with Gasteiger partial charge in [-0.15, -0.1) is 0 Å². The monoisotopic (exact) mass is 718 g/mol. The number of hydrogen-bond acceptors (Lipinski definition) is 1. The predicted molar refractivity (Wildman–Crippen MR) is 236 cm³/mol. The maximum absolute atomic E-state index is 2.46. The molecule has 2 nitrogen and oxygen atoms in total. The Kier molecular flexibility index (Phi) is 6.98. The minimum Gasteiger partial charge on any atom is -0.310 e. The summed E-state index contributed by atoms with van der Waals surface area (Å²) in [6, 6.07) is 67.4. The number of fused-ring (bicyclic) bond motifs is 9. The van der Waals surface area contributed by atoms with Crippen LogP contribution in [0, 0.1) is 0 Å². The molecule has 8 aromatic carbocycles. The Labute approximate surface area is 328 Å². The van der Waals surface area contributed by atoms with Crippen molar-refractivity contribution in [1.82, 2.24) is 4.57 Å². The molecule has 11 rings (SSSR count). The lowest BCUT2D eigenvalue weighted by atomic mass is 9.82. The number of benzene rings is 8. The second kappa shape index (κ2) is 11.9. The van der Waals surface area contributed by atoms with Crippen molar-refractivity contribution in [1.29, 1.82) is 0 Å². The van der Waals surface area contributed by atoms with Gasteiger partial charge in [0.25, 0.3) is 0 Å². The van der Waals surface area contributed by atoms with Crippen LogP contribution in [0.15, 0.2) is 182 Å². The van der Waals surface area contributed by atoms with E-state index in [4.69, 9.17) is 0 Å². The Morgan fingerprint density at radius 2 is 0.875 bits per heavy atom. The van der Waals surface area contributed by atoms with Crippen LogP contribution >= 0.6 is 0 Å². The third-order valence-electron chi connectivity index (χ3n) is 12.8. The van der Waals surface area contributed by atoms with Gasteiger partial charge >= 0.3 is 0 Å². The van der Waals surface area contributed by atoms with Gasteiger partial charge in [-0.05, 0) is 122 Å². The zero-order valence-corrected chi connectivity index (χ0v) is 32.2. The Bertz CT molecular complexity index is 3000. The highest BCUT2D eigenvalue weighted by molar-refractivity contribution is 6.11. The van der Waals surface area contributed by atoms with Crippen molar-refractivity contribution < 1.29 is 0 Å². The van der Waals surface area contributed by atoms with Crippen LogP contribution in [0.2, 0.25) is 0 Å². The highest BCUT2D eigenvalue weighted by Gasteiger charge is 2.37. The molecule has 56 heavy (non-hydrogen) atoms. The first kappa shape index (κ1) is 32.8. The van der Waals surface area contributed by atoms with E-state index in [-0.39, 0.29) is 10.8 Å². The molecule has 0 saturated carbocycles. The van der Waals surface area contributed by atoms with Crippen molar-refractivity contribution in [3.05, 3.63) is 204 Å². The summed E-state index contributed by atoms with van der Waals surface area (Å²) < 4.78 is 2.46. The van der Waals surface area contributed by atoms with E-state index in [2.05, 4.69) is 219 Å². The smallest absolute Gasteiger partial charge is 0.0547 e. The topological polar surface area (TPSA) is 8.17 Å². The number of para-hydroxylation sites is 1. The molecule has 0 N–H and O–H groups in total. The lowest BCUT2D eigenvalue weighted by Crippen LogP contribution is -2.16. The molecular weight excluding hydrogens is 677 g/mol. The molecule has 0 atom stereocenters. The van der Waals surface area contributed by atoms with E-state index in [0.717, 1.165) is 22.7 Å². The molecule has 0 fully saturated rings. The van der Waals surface area contributed by atoms with Crippen LogP contribution in [-0.4, -0.2) is 4.57 Å². The number of aromatic nitrogens is 1. The molecule has 0 unspecified atom stereocenters. The molecule has 1 aromatic heterocycles. The average molecular weight is 719 g/mol. The molecule has 2 aliphatic rings. The largest absolute Gasteiger partial charge is 0.310 e. The van der Waals surface area contributed by atoms with E-state index >= 15 is 0 Å². The molecule has 268 valence electrons. The summed E-state index contributed by atoms with van der Waals surface area (Å²) >= 11 is 0. The van der Waals surface area contributed by atoms with Crippen LogP contribution < -0.4 is 4.90 Å². The van der Waals surface area contributed by atoms with Crippen LogP contribution in [0.25, 0.3) is 60.9 Å². The van der Waals surface area contributed by atoms with Crippen LogP contribution in [-0.2, 0) is 10.8 Å². The molecular formula is C54H42N2. The van der Waals surface area contributed by atoms with Crippen molar-refractivity contribution in [3.8, 4) is 39.1 Å². The van der Waals surface area contributed by atoms with Gasteiger partial charge in [0.2, 0.25) is 0 Å². The lowest BCUT2D eigenvalue weighted by Gasteiger charge is -2.28. The fraction of sp³-hybridized carbons (Fsp3) is 0.111. The Morgan fingerprint density at radius 1 is 0.357 bits per heavy atom. The van der Waals surface area contributed by atoms with Gasteiger partial charge in [0.15, 0.2) is 0 Å². The third kappa shape index (κ3) is 4.69. The standard InChI is InChI=1S/C54H42N2/c1-53(2)47-19-11-8-16-41(47)43-31-30-40(32-49(43)53)55(37-24-22-36(23-25-37)35-14-6-5-7-15-35)38-26-28-39(29-27-38)56-51-21-13-10-18-44(51)46-33-50-45(34-52(46)56)42-17-9-12-20-48(42)54(50,3)4/h5-34H,1-4H3. The predicted octanol–water partition coefficient (Wildman–Crippen LogP) is 14.5. The molecule has 0 bridgehead atoms. The van der Waals surface area contributed by atoms with E-state index < -0.39 is 0 Å². The zero-order chi connectivity index (χ0) is 37.8. The number of nitrogens with zero attached hydrogens (tertiary/aromatic N) is 2. The van der Waals surface area contributed by atoms with E-state index in [0.29, 0.717) is 0 Å². The third-order valence-corrected chi connectivity index (χ3v) is 12.8. The Balaban J connectivity index is 1.06. The quantitative estimate of drug-likeness (QED) is 0.172. The van der Waals surface area contributed by atoms with Crippen molar-refractivity contribution >= 4 is 38.9 Å². The molecule has 9 aromatic rings. The SMILES string of the molecule is CC1(C)c2ccccc2-c2ccc(N(c3ccc(-c4ccccc4)cc3)c3ccc(-n4c5ccccc5c5cc6c(cc54)-c4ccccc4C6(C)C)cc3)cc21. The number of rotatable bonds is 5.